The highest BCUT2D eigenvalue weighted by atomic mass is 79.9. The number of carbonyl (C=O) groups is 2. The quantitative estimate of drug-likeness (QED) is 0.850. The second-order valence-corrected chi connectivity index (χ2v) is 6.29. The lowest BCUT2D eigenvalue weighted by Gasteiger charge is -2.18. The van der Waals surface area contributed by atoms with Crippen molar-refractivity contribution in [3.63, 3.8) is 0 Å². The number of aliphatic carboxylic acids is 1. The number of rotatable bonds is 5. The minimum absolute atomic E-state index is 0.211. The number of nitrogens with zero attached hydrogens (tertiary/aromatic N) is 2. The number of aromatic nitrogens is 2. The van der Waals surface area contributed by atoms with Crippen LogP contribution >= 0.6 is 15.9 Å². The van der Waals surface area contributed by atoms with Crippen LogP contribution in [0.15, 0.2) is 22.8 Å². The predicted molar refractivity (Wildman–Crippen MR) is 86.0 cm³/mol. The summed E-state index contributed by atoms with van der Waals surface area (Å²) in [6.45, 7) is 5.42. The zero-order valence-electron chi connectivity index (χ0n) is 12.6. The lowest BCUT2D eigenvalue weighted by atomic mass is 10.0. The third-order valence-electron chi connectivity index (χ3n) is 3.42. The Morgan fingerprint density at radius 3 is 2.64 bits per heavy atom. The number of carboxylic acids is 1. The van der Waals surface area contributed by atoms with Crippen molar-refractivity contribution in [3.05, 3.63) is 34.2 Å². The van der Waals surface area contributed by atoms with Crippen LogP contribution in [0.2, 0.25) is 0 Å². The van der Waals surface area contributed by atoms with E-state index in [1.807, 2.05) is 13.0 Å². The van der Waals surface area contributed by atoms with Crippen LogP contribution in [0.1, 0.15) is 37.0 Å². The number of aryl methyl sites for hydroxylation is 1. The van der Waals surface area contributed by atoms with Gasteiger partial charge in [0, 0.05) is 10.7 Å². The van der Waals surface area contributed by atoms with Crippen LogP contribution in [0.25, 0.3) is 5.65 Å². The van der Waals surface area contributed by atoms with Gasteiger partial charge in [0.1, 0.15) is 17.4 Å². The molecule has 2 heterocycles. The number of fused-ring (bicyclic) bond motifs is 1. The van der Waals surface area contributed by atoms with Gasteiger partial charge in [-0.15, -0.1) is 0 Å². The van der Waals surface area contributed by atoms with Crippen molar-refractivity contribution in [3.8, 4) is 0 Å². The maximum absolute atomic E-state index is 12.6. The van der Waals surface area contributed by atoms with E-state index >= 15 is 0 Å². The lowest BCUT2D eigenvalue weighted by molar-refractivity contribution is -0.140. The number of carboxylic acid groups (broad SMARTS) is 1. The molecule has 7 heteroatoms. The topological polar surface area (TPSA) is 83.7 Å². The summed E-state index contributed by atoms with van der Waals surface area (Å²) in [7, 11) is 0. The summed E-state index contributed by atoms with van der Waals surface area (Å²) in [6, 6.07) is 2.71. The van der Waals surface area contributed by atoms with Gasteiger partial charge in [0.15, 0.2) is 0 Å². The van der Waals surface area contributed by atoms with Crippen molar-refractivity contribution in [1.29, 1.82) is 0 Å². The molecule has 2 N–H and O–H groups in total. The van der Waals surface area contributed by atoms with Gasteiger partial charge in [0.2, 0.25) is 0 Å². The van der Waals surface area contributed by atoms with Crippen LogP contribution in [-0.4, -0.2) is 32.4 Å². The molecule has 1 unspecified atom stereocenters. The van der Waals surface area contributed by atoms with Gasteiger partial charge in [-0.2, -0.15) is 0 Å². The number of amides is 1. The number of halogens is 1. The Labute approximate surface area is 136 Å². The van der Waals surface area contributed by atoms with E-state index in [0.29, 0.717) is 23.5 Å². The number of hydrogen-bond acceptors (Lipinski definition) is 3. The van der Waals surface area contributed by atoms with Gasteiger partial charge < -0.3 is 10.4 Å². The second kappa shape index (κ2) is 6.48. The summed E-state index contributed by atoms with van der Waals surface area (Å²) in [4.78, 5) is 28.3. The van der Waals surface area contributed by atoms with Crippen LogP contribution in [0.5, 0.6) is 0 Å². The highest BCUT2D eigenvalue weighted by Crippen LogP contribution is 2.18. The van der Waals surface area contributed by atoms with Crippen molar-refractivity contribution in [1.82, 2.24) is 14.7 Å². The molecular weight excluding hydrogens is 350 g/mol. The van der Waals surface area contributed by atoms with E-state index in [-0.39, 0.29) is 5.92 Å². The second-order valence-electron chi connectivity index (χ2n) is 5.37. The molecule has 1 atom stereocenters. The molecule has 0 spiro atoms. The molecular formula is C15H18BrN3O3. The summed E-state index contributed by atoms with van der Waals surface area (Å²) in [5.41, 5.74) is 1.68. The number of pyridine rings is 1. The average Bonchev–Trinajstić information content (AvgIpc) is 2.81. The molecule has 0 aliphatic heterocycles. The van der Waals surface area contributed by atoms with Crippen LogP contribution in [-0.2, 0) is 11.2 Å². The number of carbonyl (C=O) groups excluding carboxylic acids is 1. The van der Waals surface area contributed by atoms with Gasteiger partial charge in [-0.05, 0) is 40.4 Å². The summed E-state index contributed by atoms with van der Waals surface area (Å²) in [5.74, 6) is -1.68. The summed E-state index contributed by atoms with van der Waals surface area (Å²) >= 11 is 3.37. The third kappa shape index (κ3) is 3.14. The molecule has 0 fully saturated rings. The van der Waals surface area contributed by atoms with Gasteiger partial charge in [-0.3, -0.25) is 9.20 Å². The highest BCUT2D eigenvalue weighted by molar-refractivity contribution is 9.10. The van der Waals surface area contributed by atoms with E-state index in [1.54, 1.807) is 30.5 Å². The first-order chi connectivity index (χ1) is 10.3. The molecule has 0 saturated carbocycles. The summed E-state index contributed by atoms with van der Waals surface area (Å²) in [5, 5.41) is 11.8. The van der Waals surface area contributed by atoms with Gasteiger partial charge in [0.25, 0.3) is 5.91 Å². The Morgan fingerprint density at radius 2 is 2.09 bits per heavy atom. The zero-order valence-corrected chi connectivity index (χ0v) is 14.2. The molecule has 0 aliphatic carbocycles. The zero-order chi connectivity index (χ0) is 16.4. The van der Waals surface area contributed by atoms with Crippen molar-refractivity contribution in [2.24, 2.45) is 5.92 Å². The monoisotopic (exact) mass is 367 g/mol. The fourth-order valence-corrected chi connectivity index (χ4v) is 2.61. The highest BCUT2D eigenvalue weighted by Gasteiger charge is 2.27. The van der Waals surface area contributed by atoms with Gasteiger partial charge in [0.05, 0.1) is 5.69 Å². The largest absolute Gasteiger partial charge is 0.480 e. The molecule has 0 radical (unpaired) electrons. The van der Waals surface area contributed by atoms with E-state index < -0.39 is 17.9 Å². The maximum Gasteiger partial charge on any atom is 0.326 e. The van der Waals surface area contributed by atoms with E-state index in [9.17, 15) is 14.7 Å². The van der Waals surface area contributed by atoms with E-state index in [0.717, 1.165) is 4.47 Å². The van der Waals surface area contributed by atoms with Crippen LogP contribution in [0.4, 0.5) is 0 Å². The normalized spacial score (nSPS) is 12.6. The Morgan fingerprint density at radius 1 is 1.41 bits per heavy atom. The van der Waals surface area contributed by atoms with Gasteiger partial charge >= 0.3 is 5.97 Å². The molecule has 6 nitrogen and oxygen atoms in total. The van der Waals surface area contributed by atoms with E-state index in [2.05, 4.69) is 26.2 Å². The van der Waals surface area contributed by atoms with Gasteiger partial charge in [-0.1, -0.05) is 20.8 Å². The average molecular weight is 368 g/mol. The van der Waals surface area contributed by atoms with Gasteiger partial charge in [-0.25, -0.2) is 9.78 Å². The Hall–Kier alpha value is -1.89. The number of hydrogen-bond donors (Lipinski definition) is 2. The third-order valence-corrected chi connectivity index (χ3v) is 3.89. The fourth-order valence-electron chi connectivity index (χ4n) is 2.28. The number of imidazole rings is 1. The summed E-state index contributed by atoms with van der Waals surface area (Å²) in [6.07, 6.45) is 2.34. The van der Waals surface area contributed by atoms with Crippen LogP contribution in [0, 0.1) is 5.92 Å². The maximum atomic E-state index is 12.6. The number of nitrogens with one attached hydrogen (secondary N) is 1. The van der Waals surface area contributed by atoms with Crippen molar-refractivity contribution >= 4 is 33.5 Å². The van der Waals surface area contributed by atoms with Crippen molar-refractivity contribution in [2.75, 3.05) is 0 Å². The molecule has 118 valence electrons. The molecule has 0 saturated heterocycles. The molecule has 2 rings (SSSR count). The SMILES string of the molecule is CCc1nc2ccc(Br)cn2c1C(=O)NC(C(=O)O)C(C)C. The van der Waals surface area contributed by atoms with E-state index in [4.69, 9.17) is 0 Å². The molecule has 0 aliphatic rings. The summed E-state index contributed by atoms with van der Waals surface area (Å²) < 4.78 is 2.49. The van der Waals surface area contributed by atoms with Crippen molar-refractivity contribution in [2.45, 2.75) is 33.2 Å². The Kier molecular flexibility index (Phi) is 4.85. The fraction of sp³-hybridized carbons (Fsp3) is 0.400. The lowest BCUT2D eigenvalue weighted by Crippen LogP contribution is -2.44. The minimum Gasteiger partial charge on any atom is -0.480 e. The standard InChI is InChI=1S/C15H18BrN3O3/c1-4-10-13(14(20)18-12(8(2)3)15(21)22)19-7-9(16)5-6-11(19)17-10/h5-8,12H,4H2,1-3H3,(H,18,20)(H,21,22). The minimum atomic E-state index is -1.05. The smallest absolute Gasteiger partial charge is 0.326 e. The molecule has 22 heavy (non-hydrogen) atoms. The molecule has 0 bridgehead atoms. The Balaban J connectivity index is 2.46. The van der Waals surface area contributed by atoms with Crippen LogP contribution in [0.3, 0.4) is 0 Å². The first kappa shape index (κ1) is 16.5. The first-order valence-corrected chi connectivity index (χ1v) is 7.84. The first-order valence-electron chi connectivity index (χ1n) is 7.05. The predicted octanol–water partition coefficient (Wildman–Crippen LogP) is 2.50. The molecule has 1 amide bonds. The van der Waals surface area contributed by atoms with Crippen LogP contribution < -0.4 is 5.32 Å². The molecule has 2 aromatic heterocycles. The van der Waals surface area contributed by atoms with E-state index in [1.165, 1.54) is 0 Å². The molecule has 2 aromatic rings. The Bertz CT molecular complexity index is 724. The molecule has 0 aromatic carbocycles. The van der Waals surface area contributed by atoms with Crippen molar-refractivity contribution < 1.29 is 14.7 Å².